The van der Waals surface area contributed by atoms with Gasteiger partial charge in [0.25, 0.3) is 0 Å². The van der Waals surface area contributed by atoms with Crippen molar-refractivity contribution in [1.82, 2.24) is 10.6 Å². The molecule has 3 nitrogen and oxygen atoms in total. The third-order valence-electron chi connectivity index (χ3n) is 5.54. The smallest absolute Gasteiger partial charge is 0.224 e. The number of rotatable bonds is 4. The van der Waals surface area contributed by atoms with Crippen molar-refractivity contribution in [1.29, 1.82) is 0 Å². The van der Waals surface area contributed by atoms with Crippen molar-refractivity contribution < 1.29 is 9.18 Å². The van der Waals surface area contributed by atoms with Crippen LogP contribution in [0.1, 0.15) is 50.5 Å². The molecule has 2 aliphatic rings. The van der Waals surface area contributed by atoms with Gasteiger partial charge in [0.1, 0.15) is 5.82 Å². The first-order valence-electron chi connectivity index (χ1n) is 8.94. The summed E-state index contributed by atoms with van der Waals surface area (Å²) in [6.07, 6.45) is 7.80. The second-order valence-corrected chi connectivity index (χ2v) is 7.11. The molecular weight excluding hydrogens is 327 g/mol. The van der Waals surface area contributed by atoms with E-state index in [0.717, 1.165) is 38.8 Å². The summed E-state index contributed by atoms with van der Waals surface area (Å²) in [5.74, 6) is 0.0684. The fourth-order valence-corrected chi connectivity index (χ4v) is 4.08. The summed E-state index contributed by atoms with van der Waals surface area (Å²) in [6.45, 7) is 2.48. The SMILES string of the molecule is Cl.O=C(NCC1(c2ccc(F)cc2)CCCCC1)C1CCCNC1. The van der Waals surface area contributed by atoms with Crippen LogP contribution in [0.2, 0.25) is 0 Å². The summed E-state index contributed by atoms with van der Waals surface area (Å²) in [4.78, 5) is 12.5. The molecule has 5 heteroatoms. The number of piperidine rings is 1. The number of hydrogen-bond donors (Lipinski definition) is 2. The van der Waals surface area contributed by atoms with Gasteiger partial charge >= 0.3 is 0 Å². The number of carbonyl (C=O) groups excluding carboxylic acids is 1. The number of halogens is 2. The lowest BCUT2D eigenvalue weighted by molar-refractivity contribution is -0.125. The monoisotopic (exact) mass is 354 g/mol. The van der Waals surface area contributed by atoms with Crippen molar-refractivity contribution in [3.63, 3.8) is 0 Å². The molecular formula is C19H28ClFN2O. The largest absolute Gasteiger partial charge is 0.355 e. The van der Waals surface area contributed by atoms with Crippen molar-refractivity contribution in [2.45, 2.75) is 50.4 Å². The molecule has 1 atom stereocenters. The van der Waals surface area contributed by atoms with Gasteiger partial charge in [-0.25, -0.2) is 4.39 Å². The predicted octanol–water partition coefficient (Wildman–Crippen LogP) is 3.57. The molecule has 0 spiro atoms. The maximum absolute atomic E-state index is 13.3. The average molecular weight is 355 g/mol. The van der Waals surface area contributed by atoms with E-state index in [1.54, 1.807) is 12.1 Å². The van der Waals surface area contributed by atoms with Gasteiger partial charge in [0.2, 0.25) is 5.91 Å². The van der Waals surface area contributed by atoms with Gasteiger partial charge in [-0.05, 0) is 49.9 Å². The van der Waals surface area contributed by atoms with Crippen molar-refractivity contribution >= 4 is 18.3 Å². The Bertz CT molecular complexity index is 523. The van der Waals surface area contributed by atoms with Crippen LogP contribution in [-0.2, 0) is 10.2 Å². The third-order valence-corrected chi connectivity index (χ3v) is 5.54. The fourth-order valence-electron chi connectivity index (χ4n) is 4.08. The molecule has 1 heterocycles. The molecule has 0 radical (unpaired) electrons. The Morgan fingerprint density at radius 1 is 1.17 bits per heavy atom. The van der Waals surface area contributed by atoms with Gasteiger partial charge in [-0.3, -0.25) is 4.79 Å². The molecule has 0 bridgehead atoms. The zero-order chi connectivity index (χ0) is 16.1. The zero-order valence-corrected chi connectivity index (χ0v) is 15.0. The maximum Gasteiger partial charge on any atom is 0.224 e. The van der Waals surface area contributed by atoms with Crippen LogP contribution in [0, 0.1) is 11.7 Å². The van der Waals surface area contributed by atoms with E-state index >= 15 is 0 Å². The highest BCUT2D eigenvalue weighted by Gasteiger charge is 2.35. The molecule has 134 valence electrons. The van der Waals surface area contributed by atoms with Crippen molar-refractivity contribution in [2.24, 2.45) is 5.92 Å². The standard InChI is InChI=1S/C19H27FN2O.ClH/c20-17-8-6-16(7-9-17)19(10-2-1-3-11-19)14-22-18(23)15-5-4-12-21-13-15;/h6-9,15,21H,1-5,10-14H2,(H,22,23);1H. The molecule has 1 saturated carbocycles. The lowest BCUT2D eigenvalue weighted by Gasteiger charge is -2.38. The lowest BCUT2D eigenvalue weighted by atomic mass is 9.69. The molecule has 24 heavy (non-hydrogen) atoms. The first kappa shape index (κ1) is 19.2. The van der Waals surface area contributed by atoms with Gasteiger partial charge in [0.15, 0.2) is 0 Å². The number of nitrogens with one attached hydrogen (secondary N) is 2. The van der Waals surface area contributed by atoms with Crippen molar-refractivity contribution in [2.75, 3.05) is 19.6 Å². The highest BCUT2D eigenvalue weighted by molar-refractivity contribution is 5.85. The topological polar surface area (TPSA) is 41.1 Å². The number of amides is 1. The summed E-state index contributed by atoms with van der Waals surface area (Å²) in [7, 11) is 0. The molecule has 1 unspecified atom stereocenters. The van der Waals surface area contributed by atoms with Crippen LogP contribution in [0.25, 0.3) is 0 Å². The summed E-state index contributed by atoms with van der Waals surface area (Å²) < 4.78 is 13.3. The summed E-state index contributed by atoms with van der Waals surface area (Å²) in [5, 5.41) is 6.50. The first-order chi connectivity index (χ1) is 11.2. The molecule has 2 fully saturated rings. The van der Waals surface area contributed by atoms with Gasteiger partial charge < -0.3 is 10.6 Å². The van der Waals surface area contributed by atoms with Crippen LogP contribution in [0.3, 0.4) is 0 Å². The van der Waals surface area contributed by atoms with Crippen molar-refractivity contribution in [3.05, 3.63) is 35.6 Å². The molecule has 1 aliphatic carbocycles. The molecule has 1 aromatic rings. The van der Waals surface area contributed by atoms with Crippen LogP contribution >= 0.6 is 12.4 Å². The van der Waals surface area contributed by atoms with Crippen LogP contribution in [0.5, 0.6) is 0 Å². The van der Waals surface area contributed by atoms with Gasteiger partial charge in [0, 0.05) is 18.5 Å². The van der Waals surface area contributed by atoms with E-state index in [4.69, 9.17) is 0 Å². The Labute approximate surface area is 150 Å². The van der Waals surface area contributed by atoms with Gasteiger partial charge in [0.05, 0.1) is 5.92 Å². The van der Waals surface area contributed by atoms with E-state index in [1.807, 2.05) is 12.1 Å². The third kappa shape index (κ3) is 4.48. The molecule has 0 aromatic heterocycles. The van der Waals surface area contributed by atoms with Gasteiger partial charge in [-0.2, -0.15) is 0 Å². The Hall–Kier alpha value is -1.13. The molecule has 1 aromatic carbocycles. The zero-order valence-electron chi connectivity index (χ0n) is 14.2. The Balaban J connectivity index is 0.00000208. The van der Waals surface area contributed by atoms with Gasteiger partial charge in [-0.1, -0.05) is 31.4 Å². The quantitative estimate of drug-likeness (QED) is 0.868. The highest BCUT2D eigenvalue weighted by Crippen LogP contribution is 2.39. The van der Waals surface area contributed by atoms with E-state index in [2.05, 4.69) is 10.6 Å². The molecule has 1 aliphatic heterocycles. The minimum absolute atomic E-state index is 0. The van der Waals surface area contributed by atoms with Crippen LogP contribution < -0.4 is 10.6 Å². The predicted molar refractivity (Wildman–Crippen MR) is 97.0 cm³/mol. The minimum Gasteiger partial charge on any atom is -0.355 e. The van der Waals surface area contributed by atoms with E-state index in [0.29, 0.717) is 6.54 Å². The molecule has 1 saturated heterocycles. The Kier molecular flexibility index (Phi) is 7.05. The van der Waals surface area contributed by atoms with Crippen LogP contribution in [0.4, 0.5) is 4.39 Å². The summed E-state index contributed by atoms with van der Waals surface area (Å²) >= 11 is 0. The molecule has 3 rings (SSSR count). The maximum atomic E-state index is 13.3. The first-order valence-corrected chi connectivity index (χ1v) is 8.94. The average Bonchev–Trinajstić information content (AvgIpc) is 2.62. The Morgan fingerprint density at radius 2 is 1.88 bits per heavy atom. The van der Waals surface area contributed by atoms with Crippen LogP contribution in [0.15, 0.2) is 24.3 Å². The number of hydrogen-bond acceptors (Lipinski definition) is 2. The number of carbonyl (C=O) groups is 1. The Morgan fingerprint density at radius 3 is 2.50 bits per heavy atom. The normalized spacial score (nSPS) is 23.1. The molecule has 1 amide bonds. The van der Waals surface area contributed by atoms with E-state index < -0.39 is 0 Å². The minimum atomic E-state index is -0.197. The lowest BCUT2D eigenvalue weighted by Crippen LogP contribution is -2.46. The van der Waals surface area contributed by atoms with Gasteiger partial charge in [-0.15, -0.1) is 12.4 Å². The fraction of sp³-hybridized carbons (Fsp3) is 0.632. The highest BCUT2D eigenvalue weighted by atomic mass is 35.5. The van der Waals surface area contributed by atoms with E-state index in [1.165, 1.54) is 24.8 Å². The van der Waals surface area contributed by atoms with Crippen molar-refractivity contribution in [3.8, 4) is 0 Å². The number of benzene rings is 1. The van der Waals surface area contributed by atoms with E-state index in [9.17, 15) is 9.18 Å². The summed E-state index contributed by atoms with van der Waals surface area (Å²) in [5.41, 5.74) is 1.14. The second-order valence-electron chi connectivity index (χ2n) is 7.11. The van der Waals surface area contributed by atoms with Crippen LogP contribution in [-0.4, -0.2) is 25.5 Å². The van der Waals surface area contributed by atoms with E-state index in [-0.39, 0.29) is 35.5 Å². The second kappa shape index (κ2) is 8.82. The molecule has 2 N–H and O–H groups in total. The summed E-state index contributed by atoms with van der Waals surface area (Å²) in [6, 6.07) is 6.88.